The minimum atomic E-state index is -0.0604. The SMILES string of the molecule is Cc1cc(C(=O)CN)ccc1Cl.Cl. The van der Waals surface area contributed by atoms with E-state index in [1.54, 1.807) is 18.2 Å². The van der Waals surface area contributed by atoms with E-state index >= 15 is 0 Å². The number of Topliss-reactive ketones (excluding diaryl/α,β-unsaturated/α-hetero) is 1. The van der Waals surface area contributed by atoms with E-state index in [1.807, 2.05) is 6.92 Å². The molecule has 0 bridgehead atoms. The summed E-state index contributed by atoms with van der Waals surface area (Å²) in [6.07, 6.45) is 0. The molecule has 4 heteroatoms. The third kappa shape index (κ3) is 2.99. The molecule has 1 aromatic rings. The average molecular weight is 220 g/mol. The molecular weight excluding hydrogens is 209 g/mol. The molecule has 0 aromatic heterocycles. The Morgan fingerprint density at radius 3 is 2.62 bits per heavy atom. The van der Waals surface area contributed by atoms with Gasteiger partial charge in [0.15, 0.2) is 5.78 Å². The number of hydrogen-bond acceptors (Lipinski definition) is 2. The number of carbonyl (C=O) groups is 1. The fourth-order valence-corrected chi connectivity index (χ4v) is 1.05. The lowest BCUT2D eigenvalue weighted by Crippen LogP contribution is -2.13. The molecule has 0 heterocycles. The first-order chi connectivity index (χ1) is 5.65. The van der Waals surface area contributed by atoms with E-state index in [9.17, 15) is 4.79 Å². The van der Waals surface area contributed by atoms with Crippen molar-refractivity contribution in [2.75, 3.05) is 6.54 Å². The van der Waals surface area contributed by atoms with Crippen molar-refractivity contribution in [1.29, 1.82) is 0 Å². The Kier molecular flexibility index (Phi) is 4.99. The summed E-state index contributed by atoms with van der Waals surface area (Å²) in [6, 6.07) is 5.14. The van der Waals surface area contributed by atoms with Gasteiger partial charge in [-0.15, -0.1) is 12.4 Å². The van der Waals surface area contributed by atoms with Gasteiger partial charge in [0.1, 0.15) is 0 Å². The summed E-state index contributed by atoms with van der Waals surface area (Å²) in [6.45, 7) is 1.90. The van der Waals surface area contributed by atoms with Crippen molar-refractivity contribution in [3.05, 3.63) is 34.3 Å². The van der Waals surface area contributed by atoms with Gasteiger partial charge in [0.25, 0.3) is 0 Å². The predicted molar refractivity (Wildman–Crippen MR) is 56.8 cm³/mol. The monoisotopic (exact) mass is 219 g/mol. The van der Waals surface area contributed by atoms with Crippen LogP contribution in [0.15, 0.2) is 18.2 Å². The van der Waals surface area contributed by atoms with Crippen molar-refractivity contribution in [3.63, 3.8) is 0 Å². The van der Waals surface area contributed by atoms with Crippen LogP contribution in [0.1, 0.15) is 15.9 Å². The van der Waals surface area contributed by atoms with E-state index in [0.717, 1.165) is 5.56 Å². The minimum absolute atomic E-state index is 0. The highest BCUT2D eigenvalue weighted by molar-refractivity contribution is 6.31. The molecule has 0 aliphatic carbocycles. The molecule has 72 valence electrons. The molecule has 2 nitrogen and oxygen atoms in total. The van der Waals surface area contributed by atoms with Crippen LogP contribution >= 0.6 is 24.0 Å². The van der Waals surface area contributed by atoms with Crippen LogP contribution in [0.25, 0.3) is 0 Å². The number of nitrogens with two attached hydrogens (primary N) is 1. The molecule has 2 N–H and O–H groups in total. The van der Waals surface area contributed by atoms with Crippen molar-refractivity contribution in [2.45, 2.75) is 6.92 Å². The number of ketones is 1. The normalized spacial score (nSPS) is 9.15. The number of aryl methyl sites for hydroxylation is 1. The predicted octanol–water partition coefficient (Wildman–Crippen LogP) is 2.21. The zero-order valence-electron chi connectivity index (χ0n) is 7.21. The zero-order valence-corrected chi connectivity index (χ0v) is 8.78. The number of hydrogen-bond donors (Lipinski definition) is 1. The smallest absolute Gasteiger partial charge is 0.176 e. The number of carbonyl (C=O) groups excluding carboxylic acids is 1. The van der Waals surface area contributed by atoms with Crippen LogP contribution < -0.4 is 5.73 Å². The van der Waals surface area contributed by atoms with Crippen LogP contribution in [0, 0.1) is 6.92 Å². The Bertz CT molecular complexity index is 312. The highest BCUT2D eigenvalue weighted by Gasteiger charge is 2.03. The van der Waals surface area contributed by atoms with Gasteiger partial charge in [-0.3, -0.25) is 4.79 Å². The first kappa shape index (κ1) is 12.4. The fourth-order valence-electron chi connectivity index (χ4n) is 0.936. The molecular formula is C9H11Cl2NO. The summed E-state index contributed by atoms with van der Waals surface area (Å²) < 4.78 is 0. The third-order valence-corrected chi connectivity index (χ3v) is 2.09. The summed E-state index contributed by atoms with van der Waals surface area (Å²) in [5.41, 5.74) is 6.73. The van der Waals surface area contributed by atoms with Gasteiger partial charge in [-0.25, -0.2) is 0 Å². The Hall–Kier alpha value is -0.570. The van der Waals surface area contributed by atoms with Crippen LogP contribution in [0.4, 0.5) is 0 Å². The van der Waals surface area contributed by atoms with Gasteiger partial charge in [0, 0.05) is 10.6 Å². The molecule has 13 heavy (non-hydrogen) atoms. The van der Waals surface area contributed by atoms with Gasteiger partial charge >= 0.3 is 0 Å². The maximum atomic E-state index is 11.1. The van der Waals surface area contributed by atoms with E-state index < -0.39 is 0 Å². The lowest BCUT2D eigenvalue weighted by atomic mass is 10.1. The van der Waals surface area contributed by atoms with E-state index in [4.69, 9.17) is 17.3 Å². The second-order valence-corrected chi connectivity index (χ2v) is 3.00. The largest absolute Gasteiger partial charge is 0.324 e. The second kappa shape index (κ2) is 5.22. The quantitative estimate of drug-likeness (QED) is 0.776. The molecule has 0 spiro atoms. The topological polar surface area (TPSA) is 43.1 Å². The summed E-state index contributed by atoms with van der Waals surface area (Å²) in [5, 5.41) is 0.670. The van der Waals surface area contributed by atoms with Crippen molar-refractivity contribution < 1.29 is 4.79 Å². The number of rotatable bonds is 2. The molecule has 0 aliphatic heterocycles. The van der Waals surface area contributed by atoms with E-state index in [-0.39, 0.29) is 24.7 Å². The standard InChI is InChI=1S/C9H10ClNO.ClH/c1-6-4-7(9(12)5-11)2-3-8(6)10;/h2-4H,5,11H2,1H3;1H. The Morgan fingerprint density at radius 1 is 1.54 bits per heavy atom. The molecule has 0 aliphatic rings. The van der Waals surface area contributed by atoms with Crippen molar-refractivity contribution >= 4 is 29.8 Å². The molecule has 0 radical (unpaired) electrons. The Labute approximate surface area is 88.5 Å². The molecule has 1 rings (SSSR count). The zero-order chi connectivity index (χ0) is 9.14. The van der Waals surface area contributed by atoms with Gasteiger partial charge in [-0.2, -0.15) is 0 Å². The molecule has 0 saturated carbocycles. The summed E-state index contributed by atoms with van der Waals surface area (Å²) >= 11 is 5.79. The molecule has 0 unspecified atom stereocenters. The van der Waals surface area contributed by atoms with Crippen LogP contribution in [0.2, 0.25) is 5.02 Å². The fraction of sp³-hybridized carbons (Fsp3) is 0.222. The lowest BCUT2D eigenvalue weighted by Gasteiger charge is -2.00. The van der Waals surface area contributed by atoms with Crippen LogP contribution in [0.3, 0.4) is 0 Å². The van der Waals surface area contributed by atoms with Crippen molar-refractivity contribution in [1.82, 2.24) is 0 Å². The van der Waals surface area contributed by atoms with Crippen molar-refractivity contribution in [3.8, 4) is 0 Å². The third-order valence-electron chi connectivity index (χ3n) is 1.67. The molecule has 0 fully saturated rings. The van der Waals surface area contributed by atoms with E-state index in [0.29, 0.717) is 10.6 Å². The lowest BCUT2D eigenvalue weighted by molar-refractivity contribution is 0.100. The molecule has 0 amide bonds. The molecule has 1 aromatic carbocycles. The van der Waals surface area contributed by atoms with Gasteiger partial charge in [-0.05, 0) is 30.7 Å². The average Bonchev–Trinajstić information content (AvgIpc) is 2.08. The first-order valence-electron chi connectivity index (χ1n) is 3.64. The Morgan fingerprint density at radius 2 is 2.15 bits per heavy atom. The van der Waals surface area contributed by atoms with Crippen LogP contribution in [0.5, 0.6) is 0 Å². The maximum absolute atomic E-state index is 11.1. The summed E-state index contributed by atoms with van der Waals surface area (Å²) in [5.74, 6) is -0.0604. The van der Waals surface area contributed by atoms with Crippen LogP contribution in [-0.2, 0) is 0 Å². The Balaban J connectivity index is 0.00000144. The molecule has 0 saturated heterocycles. The maximum Gasteiger partial charge on any atom is 0.176 e. The summed E-state index contributed by atoms with van der Waals surface area (Å²) in [7, 11) is 0. The number of benzene rings is 1. The second-order valence-electron chi connectivity index (χ2n) is 2.59. The van der Waals surface area contributed by atoms with Gasteiger partial charge in [-0.1, -0.05) is 11.6 Å². The summed E-state index contributed by atoms with van der Waals surface area (Å²) in [4.78, 5) is 11.1. The highest BCUT2D eigenvalue weighted by Crippen LogP contribution is 2.16. The first-order valence-corrected chi connectivity index (χ1v) is 4.02. The van der Waals surface area contributed by atoms with Crippen molar-refractivity contribution in [2.24, 2.45) is 5.73 Å². The van der Waals surface area contributed by atoms with E-state index in [1.165, 1.54) is 0 Å². The van der Waals surface area contributed by atoms with Gasteiger partial charge < -0.3 is 5.73 Å². The van der Waals surface area contributed by atoms with E-state index in [2.05, 4.69) is 0 Å². The molecule has 0 atom stereocenters. The minimum Gasteiger partial charge on any atom is -0.324 e. The van der Waals surface area contributed by atoms with Gasteiger partial charge in [0.05, 0.1) is 6.54 Å². The van der Waals surface area contributed by atoms with Gasteiger partial charge in [0.2, 0.25) is 0 Å². The highest BCUT2D eigenvalue weighted by atomic mass is 35.5. The van der Waals surface area contributed by atoms with Crippen LogP contribution in [-0.4, -0.2) is 12.3 Å². The number of halogens is 2.